The monoisotopic (exact) mass is 442 g/mol. The van der Waals surface area contributed by atoms with Gasteiger partial charge in [0, 0.05) is 0 Å². The zero-order chi connectivity index (χ0) is 22.9. The molecule has 4 rings (SSSR count). The van der Waals surface area contributed by atoms with Gasteiger partial charge in [-0.05, 0) is 53.9 Å². The third-order valence-corrected chi connectivity index (χ3v) is 5.19. The number of fused-ring (bicyclic) bond motifs is 1. The lowest BCUT2D eigenvalue weighted by Gasteiger charge is -2.13. The Labute approximate surface area is 182 Å². The molecule has 0 unspecified atom stereocenters. The van der Waals surface area contributed by atoms with Crippen LogP contribution in [0.15, 0.2) is 65.5 Å². The van der Waals surface area contributed by atoms with Crippen molar-refractivity contribution >= 4 is 11.0 Å². The molecule has 4 aromatic rings. The lowest BCUT2D eigenvalue weighted by Crippen LogP contribution is -2.17. The topological polar surface area (TPSA) is 56.2 Å². The van der Waals surface area contributed by atoms with Crippen LogP contribution in [0.3, 0.4) is 0 Å². The predicted octanol–water partition coefficient (Wildman–Crippen LogP) is 5.47. The van der Waals surface area contributed by atoms with Gasteiger partial charge in [0.2, 0.25) is 0 Å². The summed E-state index contributed by atoms with van der Waals surface area (Å²) in [4.78, 5) is 15.4. The zero-order valence-electron chi connectivity index (χ0n) is 17.5. The van der Waals surface area contributed by atoms with E-state index in [0.29, 0.717) is 34.7 Å². The van der Waals surface area contributed by atoms with Crippen molar-refractivity contribution in [2.75, 3.05) is 13.7 Å². The molecule has 0 atom stereocenters. The lowest BCUT2D eigenvalue weighted by atomic mass is 9.99. The van der Waals surface area contributed by atoms with Gasteiger partial charge in [0.25, 0.3) is 0 Å². The number of hydrogen-bond donors (Lipinski definition) is 1. The highest BCUT2D eigenvalue weighted by atomic mass is 19.4. The molecule has 0 amide bonds. The summed E-state index contributed by atoms with van der Waals surface area (Å²) in [7, 11) is 1.55. The van der Waals surface area contributed by atoms with Crippen LogP contribution in [0, 0.1) is 0 Å². The van der Waals surface area contributed by atoms with Crippen molar-refractivity contribution in [2.45, 2.75) is 19.6 Å². The fraction of sp³-hybridized carbons (Fsp3) is 0.208. The Kier molecular flexibility index (Phi) is 5.69. The van der Waals surface area contributed by atoms with E-state index in [2.05, 4.69) is 4.98 Å². The minimum atomic E-state index is -4.47. The number of alkyl halides is 3. The Hall–Kier alpha value is -3.68. The molecule has 0 aliphatic carbocycles. The van der Waals surface area contributed by atoms with Crippen molar-refractivity contribution in [3.8, 4) is 22.6 Å². The molecule has 0 saturated heterocycles. The molecule has 0 spiro atoms. The molecule has 0 aliphatic heterocycles. The van der Waals surface area contributed by atoms with Crippen molar-refractivity contribution in [1.29, 1.82) is 0 Å². The first kappa shape index (κ1) is 21.5. The van der Waals surface area contributed by atoms with E-state index in [0.717, 1.165) is 11.6 Å². The second kappa shape index (κ2) is 8.45. The van der Waals surface area contributed by atoms with Gasteiger partial charge in [-0.3, -0.25) is 4.57 Å². The minimum absolute atomic E-state index is 0.0620. The minimum Gasteiger partial charge on any atom is -0.493 e. The summed E-state index contributed by atoms with van der Waals surface area (Å²) in [6.45, 7) is 2.60. The SMILES string of the molecule is CCOc1cc(Cn2c(=O)[nH]c3cc(-c4ccccc4C(F)(F)F)ccc32)ccc1OC. The lowest BCUT2D eigenvalue weighted by molar-refractivity contribution is -0.137. The molecule has 0 fully saturated rings. The largest absolute Gasteiger partial charge is 0.493 e. The van der Waals surface area contributed by atoms with Crippen molar-refractivity contribution in [2.24, 2.45) is 0 Å². The maximum absolute atomic E-state index is 13.4. The van der Waals surface area contributed by atoms with E-state index in [-0.39, 0.29) is 17.8 Å². The maximum atomic E-state index is 13.4. The molecule has 166 valence electrons. The van der Waals surface area contributed by atoms with E-state index in [1.165, 1.54) is 16.7 Å². The van der Waals surface area contributed by atoms with Crippen LogP contribution in [0.1, 0.15) is 18.1 Å². The smallest absolute Gasteiger partial charge is 0.417 e. The first-order valence-corrected chi connectivity index (χ1v) is 10.0. The molecule has 0 saturated carbocycles. The number of H-pyrrole nitrogens is 1. The van der Waals surface area contributed by atoms with Crippen molar-refractivity contribution < 1.29 is 22.6 Å². The number of aromatic amines is 1. The van der Waals surface area contributed by atoms with Gasteiger partial charge in [0.05, 0.1) is 36.9 Å². The molecule has 0 bridgehead atoms. The first-order valence-electron chi connectivity index (χ1n) is 10.0. The maximum Gasteiger partial charge on any atom is 0.417 e. The van der Waals surface area contributed by atoms with Crippen LogP contribution >= 0.6 is 0 Å². The van der Waals surface area contributed by atoms with Crippen molar-refractivity contribution in [3.63, 3.8) is 0 Å². The zero-order valence-corrected chi connectivity index (χ0v) is 17.5. The van der Waals surface area contributed by atoms with Crippen LogP contribution in [-0.2, 0) is 12.7 Å². The van der Waals surface area contributed by atoms with Crippen LogP contribution < -0.4 is 15.2 Å². The first-order chi connectivity index (χ1) is 15.3. The van der Waals surface area contributed by atoms with Crippen LogP contribution in [0.4, 0.5) is 13.2 Å². The molecule has 5 nitrogen and oxygen atoms in total. The third kappa shape index (κ3) is 4.08. The summed E-state index contributed by atoms with van der Waals surface area (Å²) in [5, 5.41) is 0. The van der Waals surface area contributed by atoms with Crippen LogP contribution in [-0.4, -0.2) is 23.3 Å². The van der Waals surface area contributed by atoms with Crippen LogP contribution in [0.2, 0.25) is 0 Å². The van der Waals surface area contributed by atoms with E-state index in [4.69, 9.17) is 9.47 Å². The van der Waals surface area contributed by atoms with Crippen molar-refractivity contribution in [1.82, 2.24) is 9.55 Å². The number of aromatic nitrogens is 2. The number of hydrogen-bond acceptors (Lipinski definition) is 3. The number of benzene rings is 3. The Bertz CT molecular complexity index is 1320. The summed E-state index contributed by atoms with van der Waals surface area (Å²) in [6.07, 6.45) is -4.47. The van der Waals surface area contributed by atoms with Crippen LogP contribution in [0.25, 0.3) is 22.2 Å². The molecule has 0 radical (unpaired) electrons. The standard InChI is InChI=1S/C24H21F3N2O3/c1-3-32-22-12-15(8-11-21(22)31-2)14-29-20-10-9-16(13-19(20)28-23(29)30)17-6-4-5-7-18(17)24(25,26)27/h4-13H,3,14H2,1-2H3,(H,28,30). The molecule has 32 heavy (non-hydrogen) atoms. The average Bonchev–Trinajstić information content (AvgIpc) is 3.08. The molecule has 8 heteroatoms. The predicted molar refractivity (Wildman–Crippen MR) is 116 cm³/mol. The fourth-order valence-corrected chi connectivity index (χ4v) is 3.74. The van der Waals surface area contributed by atoms with Gasteiger partial charge < -0.3 is 14.5 Å². The molecule has 1 aromatic heterocycles. The Morgan fingerprint density at radius 2 is 1.78 bits per heavy atom. The van der Waals surface area contributed by atoms with Gasteiger partial charge >= 0.3 is 11.9 Å². The van der Waals surface area contributed by atoms with E-state index in [1.54, 1.807) is 37.4 Å². The van der Waals surface area contributed by atoms with E-state index in [9.17, 15) is 18.0 Å². The quantitative estimate of drug-likeness (QED) is 0.431. The number of halogens is 3. The van der Waals surface area contributed by atoms with E-state index in [1.807, 2.05) is 19.1 Å². The van der Waals surface area contributed by atoms with E-state index < -0.39 is 11.7 Å². The average molecular weight is 442 g/mol. The normalized spacial score (nSPS) is 11.7. The van der Waals surface area contributed by atoms with Crippen LogP contribution in [0.5, 0.6) is 11.5 Å². The molecular weight excluding hydrogens is 421 g/mol. The number of nitrogens with one attached hydrogen (secondary N) is 1. The number of imidazole rings is 1. The highest BCUT2D eigenvalue weighted by molar-refractivity contribution is 5.83. The summed E-state index contributed by atoms with van der Waals surface area (Å²) < 4.78 is 52.7. The van der Waals surface area contributed by atoms with Gasteiger partial charge in [0.15, 0.2) is 11.5 Å². The molecule has 0 aliphatic rings. The molecule has 3 aromatic carbocycles. The summed E-state index contributed by atoms with van der Waals surface area (Å²) in [6, 6.07) is 15.6. The Balaban J connectivity index is 1.74. The summed E-state index contributed by atoms with van der Waals surface area (Å²) in [5.41, 5.74) is 1.25. The second-order valence-electron chi connectivity index (χ2n) is 7.21. The highest BCUT2D eigenvalue weighted by Crippen LogP contribution is 2.37. The third-order valence-electron chi connectivity index (χ3n) is 5.19. The van der Waals surface area contributed by atoms with E-state index >= 15 is 0 Å². The Morgan fingerprint density at radius 3 is 2.50 bits per heavy atom. The van der Waals surface area contributed by atoms with Crippen molar-refractivity contribution in [3.05, 3.63) is 82.3 Å². The Morgan fingerprint density at radius 1 is 1.00 bits per heavy atom. The number of ether oxygens (including phenoxy) is 2. The highest BCUT2D eigenvalue weighted by Gasteiger charge is 2.33. The number of rotatable bonds is 6. The summed E-state index contributed by atoms with van der Waals surface area (Å²) in [5.74, 6) is 1.17. The molecule has 1 N–H and O–H groups in total. The number of nitrogens with zero attached hydrogens (tertiary/aromatic N) is 1. The fourth-order valence-electron chi connectivity index (χ4n) is 3.74. The van der Waals surface area contributed by atoms with Gasteiger partial charge in [-0.1, -0.05) is 30.3 Å². The number of methoxy groups -OCH3 is 1. The van der Waals surface area contributed by atoms with Gasteiger partial charge in [-0.25, -0.2) is 4.79 Å². The second-order valence-corrected chi connectivity index (χ2v) is 7.21. The molecular formula is C24H21F3N2O3. The van der Waals surface area contributed by atoms with Gasteiger partial charge in [-0.15, -0.1) is 0 Å². The summed E-state index contributed by atoms with van der Waals surface area (Å²) >= 11 is 0. The van der Waals surface area contributed by atoms with Gasteiger partial charge in [-0.2, -0.15) is 13.2 Å². The molecule has 1 heterocycles. The van der Waals surface area contributed by atoms with Gasteiger partial charge in [0.1, 0.15) is 0 Å².